The van der Waals surface area contributed by atoms with Crippen LogP contribution in [0.15, 0.2) is 78.5 Å². The van der Waals surface area contributed by atoms with Gasteiger partial charge in [-0.2, -0.15) is 0 Å². The van der Waals surface area contributed by atoms with Crippen molar-refractivity contribution in [2.75, 3.05) is 7.11 Å². The topological polar surface area (TPSA) is 79.7 Å². The van der Waals surface area contributed by atoms with Crippen LogP contribution in [0.2, 0.25) is 5.02 Å². The molecule has 156 valence electrons. The van der Waals surface area contributed by atoms with Crippen molar-refractivity contribution in [2.24, 2.45) is 0 Å². The first-order valence-corrected chi connectivity index (χ1v) is 9.95. The average molecular weight is 435 g/mol. The lowest BCUT2D eigenvalue weighted by molar-refractivity contribution is -0.140. The summed E-state index contributed by atoms with van der Waals surface area (Å²) in [5.74, 6) is -1.18. The number of carbonyl (C=O) groups is 2. The van der Waals surface area contributed by atoms with Crippen molar-refractivity contribution in [2.45, 2.75) is 12.6 Å². The molecule has 0 radical (unpaired) electrons. The molecule has 1 N–H and O–H groups in total. The predicted octanol–water partition coefficient (Wildman–Crippen LogP) is 4.37. The molecule has 7 heteroatoms. The maximum absolute atomic E-state index is 13.1. The van der Waals surface area contributed by atoms with E-state index in [2.05, 4.69) is 4.98 Å². The lowest BCUT2D eigenvalue weighted by Gasteiger charge is -2.25. The van der Waals surface area contributed by atoms with Crippen LogP contribution in [-0.4, -0.2) is 33.8 Å². The van der Waals surface area contributed by atoms with Crippen LogP contribution in [0.3, 0.4) is 0 Å². The van der Waals surface area contributed by atoms with Gasteiger partial charge in [-0.15, -0.1) is 0 Å². The fourth-order valence-corrected chi connectivity index (χ4v) is 3.85. The first kappa shape index (κ1) is 20.6. The van der Waals surface area contributed by atoms with Gasteiger partial charge in [-0.05, 0) is 42.0 Å². The van der Waals surface area contributed by atoms with Crippen LogP contribution < -0.4 is 4.74 Å². The molecule has 2 heterocycles. The Bertz CT molecular complexity index is 1180. The Hall–Kier alpha value is -3.64. The third-order valence-corrected chi connectivity index (χ3v) is 5.34. The number of rotatable bonds is 5. The van der Waals surface area contributed by atoms with Gasteiger partial charge < -0.3 is 14.7 Å². The van der Waals surface area contributed by atoms with E-state index >= 15 is 0 Å². The van der Waals surface area contributed by atoms with Crippen molar-refractivity contribution in [3.63, 3.8) is 0 Å². The molecule has 0 spiro atoms. The highest BCUT2D eigenvalue weighted by Gasteiger charge is 2.46. The lowest BCUT2D eigenvalue weighted by atomic mass is 9.95. The zero-order valence-electron chi connectivity index (χ0n) is 16.7. The molecular weight excluding hydrogens is 416 g/mol. The molecule has 6 nitrogen and oxygen atoms in total. The van der Waals surface area contributed by atoms with Crippen LogP contribution in [0.1, 0.15) is 22.9 Å². The molecule has 0 aliphatic carbocycles. The Balaban J connectivity index is 1.88. The highest BCUT2D eigenvalue weighted by Crippen LogP contribution is 2.41. The second-order valence-electron chi connectivity index (χ2n) is 7.04. The second-order valence-corrected chi connectivity index (χ2v) is 7.47. The van der Waals surface area contributed by atoms with Crippen LogP contribution in [0.4, 0.5) is 0 Å². The number of benzene rings is 2. The van der Waals surface area contributed by atoms with E-state index in [1.807, 2.05) is 6.07 Å². The first-order chi connectivity index (χ1) is 15.0. The van der Waals surface area contributed by atoms with Crippen LogP contribution >= 0.6 is 11.6 Å². The smallest absolute Gasteiger partial charge is 0.296 e. The van der Waals surface area contributed by atoms with Gasteiger partial charge in [0, 0.05) is 16.8 Å². The number of amides is 1. The van der Waals surface area contributed by atoms with E-state index in [1.54, 1.807) is 66.9 Å². The van der Waals surface area contributed by atoms with Crippen molar-refractivity contribution in [1.29, 1.82) is 0 Å². The Morgan fingerprint density at radius 2 is 1.90 bits per heavy atom. The standard InChI is InChI=1S/C24H19ClN2O4/c1-31-19-10-5-6-15(13-19)21-20(22(28)16-7-4-8-17(25)12-16)23(29)24(30)27(21)14-18-9-2-3-11-26-18/h2-13,21,28H,14H2,1H3/b22-20-. The SMILES string of the molecule is COc1cccc(C2/C(=C(/O)c3cccc(Cl)c3)C(=O)C(=O)N2Cc2ccccn2)c1. The van der Waals surface area contributed by atoms with Crippen LogP contribution in [0.25, 0.3) is 5.76 Å². The first-order valence-electron chi connectivity index (χ1n) is 9.58. The minimum Gasteiger partial charge on any atom is -0.507 e. The van der Waals surface area contributed by atoms with E-state index in [9.17, 15) is 14.7 Å². The molecule has 1 unspecified atom stereocenters. The molecule has 1 fully saturated rings. The van der Waals surface area contributed by atoms with Gasteiger partial charge in [0.05, 0.1) is 31.0 Å². The van der Waals surface area contributed by atoms with Crippen molar-refractivity contribution < 1.29 is 19.4 Å². The average Bonchev–Trinajstić information content (AvgIpc) is 3.04. The number of likely N-dealkylation sites (tertiary alicyclic amines) is 1. The van der Waals surface area contributed by atoms with E-state index in [0.29, 0.717) is 27.6 Å². The summed E-state index contributed by atoms with van der Waals surface area (Å²) < 4.78 is 5.32. The van der Waals surface area contributed by atoms with Gasteiger partial charge in [-0.3, -0.25) is 14.6 Å². The van der Waals surface area contributed by atoms with Crippen molar-refractivity contribution in [1.82, 2.24) is 9.88 Å². The number of aromatic nitrogens is 1. The summed E-state index contributed by atoms with van der Waals surface area (Å²) in [6.45, 7) is 0.111. The van der Waals surface area contributed by atoms with Gasteiger partial charge in [-0.1, -0.05) is 41.9 Å². The normalized spacial score (nSPS) is 17.7. The van der Waals surface area contributed by atoms with Crippen molar-refractivity contribution >= 4 is 29.1 Å². The Morgan fingerprint density at radius 1 is 1.10 bits per heavy atom. The molecule has 31 heavy (non-hydrogen) atoms. The minimum atomic E-state index is -0.809. The highest BCUT2D eigenvalue weighted by molar-refractivity contribution is 6.46. The molecule has 0 bridgehead atoms. The van der Waals surface area contributed by atoms with Crippen molar-refractivity contribution in [3.8, 4) is 5.75 Å². The Morgan fingerprint density at radius 3 is 2.61 bits per heavy atom. The number of hydrogen-bond donors (Lipinski definition) is 1. The van der Waals surface area contributed by atoms with E-state index < -0.39 is 17.7 Å². The molecule has 1 aliphatic rings. The van der Waals surface area contributed by atoms with E-state index in [4.69, 9.17) is 16.3 Å². The molecule has 1 atom stereocenters. The van der Waals surface area contributed by atoms with Gasteiger partial charge in [0.25, 0.3) is 11.7 Å². The summed E-state index contributed by atoms with van der Waals surface area (Å²) in [6.07, 6.45) is 1.62. The maximum atomic E-state index is 13.1. The largest absolute Gasteiger partial charge is 0.507 e. The molecule has 4 rings (SSSR count). The summed E-state index contributed by atoms with van der Waals surface area (Å²) in [5.41, 5.74) is 1.62. The zero-order valence-corrected chi connectivity index (χ0v) is 17.4. The number of hydrogen-bond acceptors (Lipinski definition) is 5. The van der Waals surface area contributed by atoms with Crippen LogP contribution in [-0.2, 0) is 16.1 Å². The van der Waals surface area contributed by atoms with Crippen LogP contribution in [0, 0.1) is 0 Å². The fourth-order valence-electron chi connectivity index (χ4n) is 3.66. The lowest BCUT2D eigenvalue weighted by Crippen LogP contribution is -2.29. The second kappa shape index (κ2) is 8.62. The van der Waals surface area contributed by atoms with Gasteiger partial charge >= 0.3 is 0 Å². The molecular formula is C24H19ClN2O4. The van der Waals surface area contributed by atoms with E-state index in [-0.39, 0.29) is 17.9 Å². The van der Waals surface area contributed by atoms with Crippen LogP contribution in [0.5, 0.6) is 5.75 Å². The number of ether oxygens (including phenoxy) is 1. The van der Waals surface area contributed by atoms with Gasteiger partial charge in [0.15, 0.2) is 0 Å². The number of pyridine rings is 1. The van der Waals surface area contributed by atoms with Crippen molar-refractivity contribution in [3.05, 3.63) is 100 Å². The molecule has 1 aromatic heterocycles. The zero-order chi connectivity index (χ0) is 22.0. The number of methoxy groups -OCH3 is 1. The predicted molar refractivity (Wildman–Crippen MR) is 117 cm³/mol. The van der Waals surface area contributed by atoms with Gasteiger partial charge in [-0.25, -0.2) is 0 Å². The number of aliphatic hydroxyl groups excluding tert-OH is 1. The molecule has 1 saturated heterocycles. The number of carbonyl (C=O) groups excluding carboxylic acids is 2. The van der Waals surface area contributed by atoms with E-state index in [1.165, 1.54) is 12.0 Å². The summed E-state index contributed by atoms with van der Waals surface area (Å²) >= 11 is 6.07. The Kier molecular flexibility index (Phi) is 5.73. The third-order valence-electron chi connectivity index (χ3n) is 5.11. The Labute approximate surface area is 184 Å². The monoisotopic (exact) mass is 434 g/mol. The van der Waals surface area contributed by atoms with Gasteiger partial charge in [0.2, 0.25) is 0 Å². The highest BCUT2D eigenvalue weighted by atomic mass is 35.5. The third kappa shape index (κ3) is 4.02. The number of ketones is 1. The summed E-state index contributed by atoms with van der Waals surface area (Å²) in [6, 6.07) is 18.1. The summed E-state index contributed by atoms with van der Waals surface area (Å²) in [5, 5.41) is 11.5. The number of aliphatic hydroxyl groups is 1. The molecule has 1 aliphatic heterocycles. The molecule has 1 amide bonds. The quantitative estimate of drug-likeness (QED) is 0.366. The number of halogens is 1. The maximum Gasteiger partial charge on any atom is 0.296 e. The minimum absolute atomic E-state index is 0.00329. The van der Waals surface area contributed by atoms with Gasteiger partial charge in [0.1, 0.15) is 11.5 Å². The number of Topliss-reactive ketones (excluding diaryl/α,β-unsaturated/α-hetero) is 1. The number of nitrogens with zero attached hydrogens (tertiary/aromatic N) is 2. The molecule has 2 aromatic carbocycles. The summed E-state index contributed by atoms with van der Waals surface area (Å²) in [4.78, 5) is 31.7. The molecule has 3 aromatic rings. The van der Waals surface area contributed by atoms with E-state index in [0.717, 1.165) is 0 Å². The summed E-state index contributed by atoms with van der Waals surface area (Å²) in [7, 11) is 1.54. The fraction of sp³-hybridized carbons (Fsp3) is 0.125. The molecule has 0 saturated carbocycles.